The molecule has 0 bridgehead atoms. The predicted molar refractivity (Wildman–Crippen MR) is 125 cm³/mol. The van der Waals surface area contributed by atoms with Gasteiger partial charge in [0.1, 0.15) is 12.4 Å². The van der Waals surface area contributed by atoms with Gasteiger partial charge in [0, 0.05) is 0 Å². The van der Waals surface area contributed by atoms with E-state index in [9.17, 15) is 0 Å². The number of fused-ring (bicyclic) bond motifs is 1. The molecule has 3 rings (SSSR count). The van der Waals surface area contributed by atoms with E-state index in [1.165, 1.54) is 44.2 Å². The summed E-state index contributed by atoms with van der Waals surface area (Å²) in [5.41, 5.74) is 2.54. The first kappa shape index (κ1) is 21.2. The normalized spacial score (nSPS) is 24.0. The molecule has 1 fully saturated rings. The van der Waals surface area contributed by atoms with Gasteiger partial charge in [-0.15, -0.1) is 0 Å². The fourth-order valence-corrected chi connectivity index (χ4v) is 11.7. The highest BCUT2D eigenvalue weighted by atomic mass is 28.3. The third-order valence-corrected chi connectivity index (χ3v) is 13.3. The van der Waals surface area contributed by atoms with Crippen molar-refractivity contribution in [2.45, 2.75) is 70.5 Å². The second-order valence-electron chi connectivity index (χ2n) is 8.60. The number of benzene rings is 1. The monoisotopic (exact) mass is 394 g/mol. The van der Waals surface area contributed by atoms with Gasteiger partial charge in [0.25, 0.3) is 0 Å². The van der Waals surface area contributed by atoms with E-state index in [1.54, 1.807) is 10.8 Å². The van der Waals surface area contributed by atoms with Crippen molar-refractivity contribution in [1.82, 2.24) is 0 Å². The SMILES string of the molecule is C=CCOc1ccccc1[Si](CC)(CC)C1C2=CC=CCC2CC1CCCC. The van der Waals surface area contributed by atoms with Crippen LogP contribution in [0.25, 0.3) is 0 Å². The van der Waals surface area contributed by atoms with E-state index in [0.717, 1.165) is 23.1 Å². The van der Waals surface area contributed by atoms with Crippen LogP contribution in [0.5, 0.6) is 5.75 Å². The topological polar surface area (TPSA) is 9.23 Å². The fraction of sp³-hybridized carbons (Fsp3) is 0.538. The number of unbranched alkanes of at least 4 members (excludes halogenated alkanes) is 1. The van der Waals surface area contributed by atoms with E-state index in [1.807, 2.05) is 6.08 Å². The maximum atomic E-state index is 6.19. The van der Waals surface area contributed by atoms with Gasteiger partial charge in [0.15, 0.2) is 0 Å². The maximum absolute atomic E-state index is 6.19. The van der Waals surface area contributed by atoms with Gasteiger partial charge in [-0.05, 0) is 41.5 Å². The average Bonchev–Trinajstić information content (AvgIpc) is 3.12. The van der Waals surface area contributed by atoms with Crippen molar-refractivity contribution < 1.29 is 4.74 Å². The van der Waals surface area contributed by atoms with Crippen molar-refractivity contribution in [3.63, 3.8) is 0 Å². The Kier molecular flexibility index (Phi) is 7.40. The summed E-state index contributed by atoms with van der Waals surface area (Å²) in [6, 6.07) is 11.5. The van der Waals surface area contributed by atoms with Gasteiger partial charge in [-0.2, -0.15) is 0 Å². The van der Waals surface area contributed by atoms with Crippen LogP contribution in [0.1, 0.15) is 52.9 Å². The molecule has 1 aromatic carbocycles. The van der Waals surface area contributed by atoms with Crippen LogP contribution in [0.4, 0.5) is 0 Å². The number of hydrogen-bond donors (Lipinski definition) is 0. The molecular weight excluding hydrogens is 356 g/mol. The van der Waals surface area contributed by atoms with Crippen molar-refractivity contribution in [3.8, 4) is 5.75 Å². The van der Waals surface area contributed by atoms with E-state index in [2.05, 4.69) is 69.8 Å². The van der Waals surface area contributed by atoms with Crippen molar-refractivity contribution in [2.24, 2.45) is 11.8 Å². The highest BCUT2D eigenvalue weighted by Gasteiger charge is 2.51. The fourth-order valence-electron chi connectivity index (χ4n) is 5.97. The predicted octanol–water partition coefficient (Wildman–Crippen LogP) is 7.03. The van der Waals surface area contributed by atoms with Gasteiger partial charge in [-0.3, -0.25) is 0 Å². The minimum atomic E-state index is -1.76. The van der Waals surface area contributed by atoms with Gasteiger partial charge in [-0.25, -0.2) is 0 Å². The summed E-state index contributed by atoms with van der Waals surface area (Å²) in [7, 11) is -1.76. The Morgan fingerprint density at radius 3 is 2.68 bits per heavy atom. The van der Waals surface area contributed by atoms with E-state index < -0.39 is 8.07 Å². The van der Waals surface area contributed by atoms with Crippen LogP contribution in [0.2, 0.25) is 17.6 Å². The van der Waals surface area contributed by atoms with Gasteiger partial charge in [0.2, 0.25) is 0 Å². The zero-order valence-corrected chi connectivity index (χ0v) is 19.1. The van der Waals surface area contributed by atoms with Gasteiger partial charge in [0.05, 0.1) is 8.07 Å². The van der Waals surface area contributed by atoms with Crippen molar-refractivity contribution in [1.29, 1.82) is 0 Å². The van der Waals surface area contributed by atoms with Crippen molar-refractivity contribution >= 4 is 13.3 Å². The molecule has 0 N–H and O–H groups in total. The average molecular weight is 395 g/mol. The van der Waals surface area contributed by atoms with Crippen LogP contribution in [0.15, 0.2) is 60.7 Å². The molecule has 0 heterocycles. The second kappa shape index (κ2) is 9.78. The molecule has 0 radical (unpaired) electrons. The van der Waals surface area contributed by atoms with Gasteiger partial charge in [-0.1, -0.05) is 107 Å². The molecule has 3 unspecified atom stereocenters. The zero-order valence-electron chi connectivity index (χ0n) is 18.1. The molecule has 0 spiro atoms. The summed E-state index contributed by atoms with van der Waals surface area (Å²) in [4.78, 5) is 0. The highest BCUT2D eigenvalue weighted by molar-refractivity contribution is 6.94. The molecule has 1 nitrogen and oxygen atoms in total. The third kappa shape index (κ3) is 3.94. The van der Waals surface area contributed by atoms with Gasteiger partial charge >= 0.3 is 0 Å². The molecule has 0 aliphatic heterocycles. The van der Waals surface area contributed by atoms with Crippen LogP contribution in [0, 0.1) is 11.8 Å². The quantitative estimate of drug-likeness (QED) is 0.306. The smallest absolute Gasteiger partial charge is 0.119 e. The first-order valence-corrected chi connectivity index (χ1v) is 13.9. The van der Waals surface area contributed by atoms with Crippen molar-refractivity contribution in [3.05, 3.63) is 60.7 Å². The minimum absolute atomic E-state index is 0.590. The summed E-state index contributed by atoms with van der Waals surface area (Å²) in [6.45, 7) is 11.7. The Bertz CT molecular complexity index is 713. The number of allylic oxidation sites excluding steroid dienone is 4. The third-order valence-electron chi connectivity index (χ3n) is 7.30. The summed E-state index contributed by atoms with van der Waals surface area (Å²) in [5, 5.41) is 1.55. The molecule has 152 valence electrons. The van der Waals surface area contributed by atoms with Crippen molar-refractivity contribution in [2.75, 3.05) is 6.61 Å². The molecule has 2 aliphatic rings. The van der Waals surface area contributed by atoms with Crippen LogP contribution in [0.3, 0.4) is 0 Å². The van der Waals surface area contributed by atoms with Crippen LogP contribution in [-0.4, -0.2) is 14.7 Å². The second-order valence-corrected chi connectivity index (χ2v) is 13.5. The highest BCUT2D eigenvalue weighted by Crippen LogP contribution is 2.56. The number of rotatable bonds is 10. The number of ether oxygens (including phenoxy) is 1. The van der Waals surface area contributed by atoms with E-state index in [4.69, 9.17) is 4.74 Å². The lowest BCUT2D eigenvalue weighted by molar-refractivity contribution is 0.365. The maximum Gasteiger partial charge on any atom is 0.119 e. The molecular formula is C26H38OSi. The standard InChI is InChI=1S/C26H38OSi/c1-5-9-14-22-20-21-15-10-11-16-23(21)26(22)28(7-3,8-4)25-18-13-12-17-24(25)27-19-6-2/h6,10-13,16-18,21-22,26H,2,5,7-9,14-15,19-20H2,1,3-4H3. The Morgan fingerprint density at radius 2 is 1.96 bits per heavy atom. The lowest BCUT2D eigenvalue weighted by Crippen LogP contribution is -2.53. The molecule has 1 saturated carbocycles. The molecule has 2 aliphatic carbocycles. The Balaban J connectivity index is 2.09. The van der Waals surface area contributed by atoms with Crippen LogP contribution < -0.4 is 9.92 Å². The minimum Gasteiger partial charge on any atom is -0.490 e. The molecule has 3 atom stereocenters. The number of hydrogen-bond acceptors (Lipinski definition) is 1. The summed E-state index contributed by atoms with van der Waals surface area (Å²) < 4.78 is 6.19. The first-order chi connectivity index (χ1) is 13.7. The lowest BCUT2D eigenvalue weighted by atomic mass is 9.94. The molecule has 0 aromatic heterocycles. The Morgan fingerprint density at radius 1 is 1.18 bits per heavy atom. The van der Waals surface area contributed by atoms with E-state index in [0.29, 0.717) is 6.61 Å². The Hall–Kier alpha value is -1.54. The largest absolute Gasteiger partial charge is 0.490 e. The zero-order chi connectivity index (χ0) is 20.0. The first-order valence-electron chi connectivity index (χ1n) is 11.4. The molecule has 0 saturated heterocycles. The molecule has 28 heavy (non-hydrogen) atoms. The molecule has 0 amide bonds. The summed E-state index contributed by atoms with van der Waals surface area (Å²) in [6.07, 6.45) is 15.8. The lowest BCUT2D eigenvalue weighted by Gasteiger charge is -2.41. The molecule has 2 heteroatoms. The van der Waals surface area contributed by atoms with Crippen LogP contribution in [-0.2, 0) is 0 Å². The van der Waals surface area contributed by atoms with Crippen LogP contribution >= 0.6 is 0 Å². The molecule has 1 aromatic rings. The number of para-hydroxylation sites is 1. The van der Waals surface area contributed by atoms with Gasteiger partial charge < -0.3 is 4.74 Å². The summed E-state index contributed by atoms with van der Waals surface area (Å²) in [5.74, 6) is 2.74. The van der Waals surface area contributed by atoms with E-state index >= 15 is 0 Å². The Labute approximate surface area is 173 Å². The van der Waals surface area contributed by atoms with E-state index in [-0.39, 0.29) is 0 Å². The summed E-state index contributed by atoms with van der Waals surface area (Å²) >= 11 is 0.